The van der Waals surface area contributed by atoms with E-state index in [9.17, 15) is 107 Å². The third-order valence-corrected chi connectivity index (χ3v) is 20.4. The lowest BCUT2D eigenvalue weighted by molar-refractivity contribution is -0.161. The Bertz CT molecular complexity index is 3570. The van der Waals surface area contributed by atoms with Crippen molar-refractivity contribution in [3.8, 4) is 5.75 Å². The zero-order valence-electron chi connectivity index (χ0n) is 73.4. The number of phosphoric ester groups is 1. The maximum absolute atomic E-state index is 14.1. The number of phosphoric acid groups is 1. The summed E-state index contributed by atoms with van der Waals surface area (Å²) in [7, 11) is -3.22. The molecule has 0 aliphatic carbocycles. The molecule has 714 valence electrons. The Hall–Kier alpha value is -9.56. The summed E-state index contributed by atoms with van der Waals surface area (Å²) < 4.78 is 50.9. The van der Waals surface area contributed by atoms with Crippen LogP contribution in [0.4, 0.5) is 0 Å². The van der Waals surface area contributed by atoms with Crippen molar-refractivity contribution in [2.45, 2.75) is 230 Å². The number of hydrogen-bond donors (Lipinski definition) is 18. The summed E-state index contributed by atoms with van der Waals surface area (Å²) in [6.07, 6.45) is 27.7. The van der Waals surface area contributed by atoms with Crippen LogP contribution in [0, 0.1) is 5.92 Å². The monoisotopic (exact) mass is 1830 g/mol. The van der Waals surface area contributed by atoms with Crippen LogP contribution in [-0.4, -0.2) is 300 Å². The molecule has 44 heteroatoms. The number of thioether (sulfide) groups is 1. The number of allylic oxidation sites excluding steroid dienone is 4. The molecular formula is C82H136N13O29PS. The van der Waals surface area contributed by atoms with Gasteiger partial charge in [0.05, 0.1) is 79.0 Å². The highest BCUT2D eigenvalue weighted by atomic mass is 32.2. The molecule has 0 aromatic heterocycles. The minimum Gasteiger partial charge on any atom is -0.508 e. The largest absolute Gasteiger partial charge is 0.508 e. The summed E-state index contributed by atoms with van der Waals surface area (Å²) in [4.78, 5) is 207. The highest BCUT2D eigenvalue weighted by Gasteiger charge is 2.35. The van der Waals surface area contributed by atoms with Crippen molar-refractivity contribution in [1.29, 1.82) is 0 Å². The van der Waals surface area contributed by atoms with E-state index in [1.165, 1.54) is 43.0 Å². The number of phenols is 1. The first-order chi connectivity index (χ1) is 60.4. The minimum absolute atomic E-state index is 0.0359. The Morgan fingerprint density at radius 3 is 1.42 bits per heavy atom. The number of hydrogen-bond acceptors (Lipinski definition) is 30. The first-order valence-electron chi connectivity index (χ1n) is 42.5. The van der Waals surface area contributed by atoms with Gasteiger partial charge in [0.2, 0.25) is 76.8 Å². The first-order valence-corrected chi connectivity index (χ1v) is 45.4. The lowest BCUT2D eigenvalue weighted by atomic mass is 10.0. The Morgan fingerprint density at radius 1 is 0.460 bits per heavy atom. The second-order valence-electron chi connectivity index (χ2n) is 29.4. The Labute approximate surface area is 740 Å². The van der Waals surface area contributed by atoms with Crippen LogP contribution in [0.1, 0.15) is 175 Å². The number of phenolic OH excluding ortho intramolecular Hbond substituents is 1. The van der Waals surface area contributed by atoms with Gasteiger partial charge in [-0.05, 0) is 100 Å². The molecule has 0 saturated heterocycles. The van der Waals surface area contributed by atoms with Gasteiger partial charge in [0, 0.05) is 32.9 Å². The SMILES string of the molecule is CCC/C=C/CCCCCCCCC(=O)OCC(COP(=O)(OC)OCCNC(=O)COCCOCC(=O)NCC(=O)NC(CO)C(=O)NCC(=O)NC(CO)C(=O)NCC(=O)NC(C(=O)N[C@@H](CCSC)C(=O)NC(Cc1ccc(O)cc1)C(=O)N[C@@H](C)C(=O)NC(CO)C(=O)N[C@@H](CO)C(=O)NCC=O)C(C)C)OC(=O)CCCCCCCC/C=C/CCC. The maximum Gasteiger partial charge on any atom is 0.474 e. The van der Waals surface area contributed by atoms with Crippen molar-refractivity contribution in [3.05, 3.63) is 54.1 Å². The molecule has 0 bridgehead atoms. The lowest BCUT2D eigenvalue weighted by Crippen LogP contribution is -2.60. The zero-order valence-corrected chi connectivity index (χ0v) is 75.1. The second-order valence-corrected chi connectivity index (χ2v) is 32.1. The lowest BCUT2D eigenvalue weighted by Gasteiger charge is -2.27. The number of esters is 2. The van der Waals surface area contributed by atoms with E-state index in [1.807, 2.05) is 0 Å². The fourth-order valence-electron chi connectivity index (χ4n) is 11.2. The molecule has 1 aromatic carbocycles. The Morgan fingerprint density at radius 2 is 0.905 bits per heavy atom. The van der Waals surface area contributed by atoms with E-state index >= 15 is 0 Å². The standard InChI is InChI=1S/C82H136N13O29PS/c1-8-10-12-14-16-18-20-22-24-26-28-30-72(107)121-52-60(124-73(108)31-29-27-25-23-21-19-17-15-13-11-9-2)53-123-125(117,118-6)122-40-38-83-70(105)54-119-41-42-120-55-71(106)85-45-67(102)89-63(48-97)77(111)86-46-68(103)90-64(49-98)78(112)87-47-69(104)95-74(56(3)4)82(116)91-61(36-43-126-7)79(113)92-62(44-58-32-34-59(101)35-33-58)80(114)88-57(5)75(109)93-66(51-100)81(115)94-65(50-99)76(110)84-37-39-96/h12-15,32-35,39,56-57,60-66,74,97-101H,8-11,16-31,36-38,40-55H2,1-7H3,(H,83,105)(H,84,110)(H,85,106)(H,86,111)(H,87,112)(H,88,114)(H,89,102)(H,90,103)(H,91,116)(H,92,113)(H,93,109)(H,94,115)(H,95,104)/b14-12+,15-13+/t57-,60?,61-,62?,63?,64?,65-,66?,74?,125?/m0/s1. The van der Waals surface area contributed by atoms with Gasteiger partial charge in [-0.1, -0.05) is 128 Å². The molecule has 7 unspecified atom stereocenters. The average Bonchev–Trinajstić information content (AvgIpc) is 0.847. The van der Waals surface area contributed by atoms with E-state index < -0.39 is 229 Å². The van der Waals surface area contributed by atoms with Crippen molar-refractivity contribution in [2.24, 2.45) is 5.92 Å². The predicted molar refractivity (Wildman–Crippen MR) is 461 cm³/mol. The van der Waals surface area contributed by atoms with Crippen molar-refractivity contribution < 1.29 is 139 Å². The van der Waals surface area contributed by atoms with E-state index in [0.717, 1.165) is 110 Å². The molecular weight excluding hydrogens is 1690 g/mol. The van der Waals surface area contributed by atoms with Crippen LogP contribution >= 0.6 is 19.6 Å². The fraction of sp³-hybridized carbons (Fsp3) is 0.683. The predicted octanol–water partition coefficient (Wildman–Crippen LogP) is -0.779. The topological polar surface area (TPSA) is 612 Å². The van der Waals surface area contributed by atoms with Gasteiger partial charge >= 0.3 is 19.8 Å². The molecule has 1 rings (SSSR count). The van der Waals surface area contributed by atoms with E-state index in [0.29, 0.717) is 24.7 Å². The van der Waals surface area contributed by atoms with E-state index in [2.05, 4.69) is 107 Å². The van der Waals surface area contributed by atoms with Crippen LogP contribution in [-0.2, 0) is 120 Å². The Kier molecular flexibility index (Phi) is 64.0. The second kappa shape index (κ2) is 70.5. The number of amides is 13. The molecule has 1 aromatic rings. The molecule has 0 aliphatic rings. The van der Waals surface area contributed by atoms with Gasteiger partial charge in [0.1, 0.15) is 80.2 Å². The molecule has 0 spiro atoms. The molecule has 10 atom stereocenters. The molecule has 18 N–H and O–H groups in total. The number of rotatable bonds is 74. The van der Waals surface area contributed by atoms with Crippen LogP contribution in [0.5, 0.6) is 5.75 Å². The third-order valence-electron chi connectivity index (χ3n) is 18.4. The normalized spacial score (nSPS) is 13.9. The third kappa shape index (κ3) is 54.5. The van der Waals surface area contributed by atoms with Gasteiger partial charge in [-0.15, -0.1) is 0 Å². The quantitative estimate of drug-likeness (QED) is 0.0125. The van der Waals surface area contributed by atoms with Crippen LogP contribution in [0.15, 0.2) is 48.6 Å². The molecule has 0 fully saturated rings. The van der Waals surface area contributed by atoms with E-state index in [1.54, 1.807) is 20.1 Å². The van der Waals surface area contributed by atoms with E-state index in [-0.39, 0.29) is 70.2 Å². The van der Waals surface area contributed by atoms with Crippen LogP contribution in [0.25, 0.3) is 0 Å². The number of benzene rings is 1. The van der Waals surface area contributed by atoms with Crippen LogP contribution in [0.2, 0.25) is 0 Å². The Balaban J connectivity index is 2.70. The maximum atomic E-state index is 14.1. The van der Waals surface area contributed by atoms with Gasteiger partial charge < -0.3 is 118 Å². The molecule has 0 heterocycles. The number of aliphatic hydroxyl groups is 4. The number of carbonyl (C=O) groups excluding carboxylic acids is 16. The molecule has 0 radical (unpaired) electrons. The smallest absolute Gasteiger partial charge is 0.474 e. The summed E-state index contributed by atoms with van der Waals surface area (Å²) in [5, 5.41) is 79.2. The number of unbranched alkanes of at least 4 members (excludes halogenated alkanes) is 14. The molecule has 126 heavy (non-hydrogen) atoms. The van der Waals surface area contributed by atoms with Crippen LogP contribution in [0.3, 0.4) is 0 Å². The summed E-state index contributed by atoms with van der Waals surface area (Å²) in [5.41, 5.74) is 0.402. The first kappa shape index (κ1) is 114. The molecule has 42 nitrogen and oxygen atoms in total. The number of aldehydes is 1. The van der Waals surface area contributed by atoms with Gasteiger partial charge in [0.25, 0.3) is 0 Å². The zero-order chi connectivity index (χ0) is 93.9. The van der Waals surface area contributed by atoms with Gasteiger partial charge in [-0.25, -0.2) is 4.57 Å². The van der Waals surface area contributed by atoms with Crippen molar-refractivity contribution in [2.75, 3.05) is 125 Å². The number of aromatic hydroxyl groups is 1. The molecule has 0 saturated carbocycles. The summed E-state index contributed by atoms with van der Waals surface area (Å²) >= 11 is 1.29. The number of aliphatic hydroxyl groups excluding tert-OH is 4. The number of carbonyl (C=O) groups is 16. The van der Waals surface area contributed by atoms with Gasteiger partial charge in [0.15, 0.2) is 6.10 Å². The minimum atomic E-state index is -4.29. The summed E-state index contributed by atoms with van der Waals surface area (Å²) in [6, 6.07) is -6.91. The molecule has 13 amide bonds. The number of ether oxygens (including phenoxy) is 4. The van der Waals surface area contributed by atoms with Crippen molar-refractivity contribution >= 4 is 115 Å². The molecule has 0 aliphatic heterocycles. The summed E-state index contributed by atoms with van der Waals surface area (Å²) in [5.74, 6) is -14.0. The van der Waals surface area contributed by atoms with Gasteiger partial charge in [-0.2, -0.15) is 11.8 Å². The van der Waals surface area contributed by atoms with Gasteiger partial charge in [-0.3, -0.25) is 85.5 Å². The van der Waals surface area contributed by atoms with Crippen molar-refractivity contribution in [3.63, 3.8) is 0 Å². The van der Waals surface area contributed by atoms with E-state index in [4.69, 9.17) is 32.5 Å². The summed E-state index contributed by atoms with van der Waals surface area (Å²) in [6.45, 7) is -1.06. The number of nitrogens with one attached hydrogen (secondary N) is 13. The average molecular weight is 1830 g/mol. The van der Waals surface area contributed by atoms with Crippen LogP contribution < -0.4 is 69.1 Å². The highest BCUT2D eigenvalue weighted by molar-refractivity contribution is 7.98. The van der Waals surface area contributed by atoms with Crippen molar-refractivity contribution in [1.82, 2.24) is 69.1 Å². The highest BCUT2D eigenvalue weighted by Crippen LogP contribution is 2.48. The fourth-order valence-corrected chi connectivity index (χ4v) is 12.7.